The monoisotopic (exact) mass is 225 g/mol. The van der Waals surface area contributed by atoms with Crippen LogP contribution in [-0.2, 0) is 4.74 Å². The van der Waals surface area contributed by atoms with Crippen LogP contribution in [0.15, 0.2) is 17.8 Å². The third-order valence-corrected chi connectivity index (χ3v) is 2.82. The molecule has 0 bridgehead atoms. The molecule has 5 nitrogen and oxygen atoms in total. The molecule has 15 heavy (non-hydrogen) atoms. The topological polar surface area (TPSA) is 55.6 Å². The first-order chi connectivity index (χ1) is 7.33. The number of ether oxygens (including phenoxy) is 1. The Morgan fingerprint density at radius 3 is 3.40 bits per heavy atom. The number of carbonyl (C=O) groups is 1. The van der Waals surface area contributed by atoms with Crippen LogP contribution in [0.1, 0.15) is 10.5 Å². The molecule has 1 amide bonds. The minimum atomic E-state index is -0.101. The second-order valence-electron chi connectivity index (χ2n) is 2.95. The molecular weight excluding hydrogens is 214 g/mol. The zero-order valence-corrected chi connectivity index (χ0v) is 9.08. The van der Waals surface area contributed by atoms with Gasteiger partial charge in [0.1, 0.15) is 5.69 Å². The fraction of sp³-hybridized carbons (Fsp3) is 0.333. The average molecular weight is 225 g/mol. The maximum absolute atomic E-state index is 11.7. The highest BCUT2D eigenvalue weighted by atomic mass is 32.1. The molecule has 0 atom stereocenters. The number of amides is 1. The number of thiazole rings is 1. The third kappa shape index (κ3) is 2.00. The quantitative estimate of drug-likeness (QED) is 0.782. The predicted molar refractivity (Wildman–Crippen MR) is 57.3 cm³/mol. The molecule has 0 saturated heterocycles. The number of carbonyl (C=O) groups excluding carboxylic acids is 1. The molecule has 2 rings (SSSR count). The van der Waals surface area contributed by atoms with Crippen LogP contribution in [0, 0.1) is 0 Å². The molecule has 2 aromatic heterocycles. The van der Waals surface area contributed by atoms with Gasteiger partial charge < -0.3 is 10.1 Å². The van der Waals surface area contributed by atoms with E-state index in [1.54, 1.807) is 29.3 Å². The molecule has 0 aliphatic carbocycles. The number of nitrogens with zero attached hydrogens (tertiary/aromatic N) is 2. The van der Waals surface area contributed by atoms with Gasteiger partial charge in [-0.1, -0.05) is 0 Å². The smallest absolute Gasteiger partial charge is 0.269 e. The number of hydrogen-bond acceptors (Lipinski definition) is 4. The molecule has 6 heteroatoms. The summed E-state index contributed by atoms with van der Waals surface area (Å²) in [5.41, 5.74) is 0.614. The standard InChI is InChI=1S/C9H11N3O2S/c1-14-5-3-10-8(13)7-6-15-9-11-2-4-12(7)9/h2,4,6H,3,5H2,1H3,(H,10,13). The third-order valence-electron chi connectivity index (χ3n) is 1.97. The van der Waals surface area contributed by atoms with Crippen LogP contribution in [0.3, 0.4) is 0 Å². The Kier molecular flexibility index (Phi) is 2.98. The van der Waals surface area contributed by atoms with E-state index in [2.05, 4.69) is 10.3 Å². The van der Waals surface area contributed by atoms with Crippen molar-refractivity contribution in [2.45, 2.75) is 0 Å². The molecule has 0 spiro atoms. The fourth-order valence-corrected chi connectivity index (χ4v) is 2.08. The summed E-state index contributed by atoms with van der Waals surface area (Å²) in [7, 11) is 1.60. The van der Waals surface area contributed by atoms with Crippen LogP contribution >= 0.6 is 11.3 Å². The first-order valence-electron chi connectivity index (χ1n) is 4.50. The van der Waals surface area contributed by atoms with Crippen LogP contribution in [0.2, 0.25) is 0 Å². The normalized spacial score (nSPS) is 10.7. The summed E-state index contributed by atoms with van der Waals surface area (Å²) in [6.45, 7) is 1.03. The van der Waals surface area contributed by atoms with Gasteiger partial charge in [-0.25, -0.2) is 4.98 Å². The lowest BCUT2D eigenvalue weighted by atomic mass is 10.4. The molecule has 0 aromatic carbocycles. The molecule has 1 N–H and O–H groups in total. The average Bonchev–Trinajstić information content (AvgIpc) is 2.78. The maximum atomic E-state index is 11.7. The van der Waals surface area contributed by atoms with Crippen molar-refractivity contribution in [1.82, 2.24) is 14.7 Å². The van der Waals surface area contributed by atoms with E-state index in [0.717, 1.165) is 4.96 Å². The van der Waals surface area contributed by atoms with Gasteiger partial charge in [-0.3, -0.25) is 9.20 Å². The van der Waals surface area contributed by atoms with Gasteiger partial charge in [-0.05, 0) is 0 Å². The van der Waals surface area contributed by atoms with Crippen LogP contribution in [-0.4, -0.2) is 35.6 Å². The second kappa shape index (κ2) is 4.41. The van der Waals surface area contributed by atoms with E-state index < -0.39 is 0 Å². The van der Waals surface area contributed by atoms with E-state index in [1.165, 1.54) is 11.3 Å². The summed E-state index contributed by atoms with van der Waals surface area (Å²) in [5, 5.41) is 4.56. The number of aromatic nitrogens is 2. The van der Waals surface area contributed by atoms with Crippen molar-refractivity contribution in [3.05, 3.63) is 23.5 Å². The Morgan fingerprint density at radius 2 is 2.60 bits per heavy atom. The molecular formula is C9H11N3O2S. The molecule has 0 aliphatic rings. The SMILES string of the molecule is COCCNC(=O)c1csc2nccn12. The van der Waals surface area contributed by atoms with Crippen LogP contribution in [0.4, 0.5) is 0 Å². The number of methoxy groups -OCH3 is 1. The molecule has 80 valence electrons. The Labute approximate surface area is 90.7 Å². The Bertz CT molecular complexity index is 463. The second-order valence-corrected chi connectivity index (χ2v) is 3.79. The minimum absolute atomic E-state index is 0.101. The molecule has 0 radical (unpaired) electrons. The number of hydrogen-bond donors (Lipinski definition) is 1. The summed E-state index contributed by atoms with van der Waals surface area (Å²) in [6, 6.07) is 0. The first kappa shape index (κ1) is 10.1. The van der Waals surface area contributed by atoms with Crippen LogP contribution < -0.4 is 5.32 Å². The molecule has 0 saturated carbocycles. The summed E-state index contributed by atoms with van der Waals surface area (Å²) >= 11 is 1.45. The summed E-state index contributed by atoms with van der Waals surface area (Å²) in [6.07, 6.45) is 3.45. The van der Waals surface area contributed by atoms with E-state index in [1.807, 2.05) is 0 Å². The van der Waals surface area contributed by atoms with Crippen LogP contribution in [0.5, 0.6) is 0 Å². The number of imidazole rings is 1. The van der Waals surface area contributed by atoms with E-state index >= 15 is 0 Å². The summed E-state index contributed by atoms with van der Waals surface area (Å²) in [5.74, 6) is -0.101. The fourth-order valence-electron chi connectivity index (χ4n) is 1.25. The van der Waals surface area contributed by atoms with Crippen molar-refractivity contribution in [2.24, 2.45) is 0 Å². The Hall–Kier alpha value is -1.40. The number of rotatable bonds is 4. The first-order valence-corrected chi connectivity index (χ1v) is 5.38. The predicted octanol–water partition coefficient (Wildman–Crippen LogP) is 0.772. The van der Waals surface area contributed by atoms with Gasteiger partial charge in [0, 0.05) is 31.4 Å². The summed E-state index contributed by atoms with van der Waals surface area (Å²) in [4.78, 5) is 16.6. The van der Waals surface area contributed by atoms with Crippen LogP contribution in [0.25, 0.3) is 4.96 Å². The highest BCUT2D eigenvalue weighted by Gasteiger charge is 2.11. The van der Waals surface area contributed by atoms with Crippen molar-refractivity contribution in [1.29, 1.82) is 0 Å². The zero-order chi connectivity index (χ0) is 10.7. The highest BCUT2D eigenvalue weighted by molar-refractivity contribution is 7.15. The Balaban J connectivity index is 2.10. The number of fused-ring (bicyclic) bond motifs is 1. The zero-order valence-electron chi connectivity index (χ0n) is 8.27. The molecule has 0 fully saturated rings. The lowest BCUT2D eigenvalue weighted by Crippen LogP contribution is -2.27. The maximum Gasteiger partial charge on any atom is 0.269 e. The van der Waals surface area contributed by atoms with E-state index in [4.69, 9.17) is 4.74 Å². The minimum Gasteiger partial charge on any atom is -0.383 e. The van der Waals surface area contributed by atoms with Gasteiger partial charge in [0.15, 0.2) is 4.96 Å². The lowest BCUT2D eigenvalue weighted by Gasteiger charge is -2.02. The largest absolute Gasteiger partial charge is 0.383 e. The van der Waals surface area contributed by atoms with Gasteiger partial charge in [0.25, 0.3) is 5.91 Å². The number of nitrogens with one attached hydrogen (secondary N) is 1. The molecule has 2 heterocycles. The highest BCUT2D eigenvalue weighted by Crippen LogP contribution is 2.13. The van der Waals surface area contributed by atoms with Crippen molar-refractivity contribution in [3.63, 3.8) is 0 Å². The molecule has 0 aliphatic heterocycles. The van der Waals surface area contributed by atoms with Gasteiger partial charge in [-0.2, -0.15) is 0 Å². The van der Waals surface area contributed by atoms with Crippen molar-refractivity contribution >= 4 is 22.2 Å². The van der Waals surface area contributed by atoms with Crippen molar-refractivity contribution in [3.8, 4) is 0 Å². The lowest BCUT2D eigenvalue weighted by molar-refractivity contribution is 0.0931. The molecule has 2 aromatic rings. The molecule has 0 unspecified atom stereocenters. The van der Waals surface area contributed by atoms with Gasteiger partial charge >= 0.3 is 0 Å². The van der Waals surface area contributed by atoms with Crippen molar-refractivity contribution in [2.75, 3.05) is 20.3 Å². The summed E-state index contributed by atoms with van der Waals surface area (Å²) < 4.78 is 6.62. The van der Waals surface area contributed by atoms with Gasteiger partial charge in [0.2, 0.25) is 0 Å². The van der Waals surface area contributed by atoms with E-state index in [-0.39, 0.29) is 5.91 Å². The van der Waals surface area contributed by atoms with Gasteiger partial charge in [-0.15, -0.1) is 11.3 Å². The van der Waals surface area contributed by atoms with E-state index in [0.29, 0.717) is 18.8 Å². The van der Waals surface area contributed by atoms with Crippen molar-refractivity contribution < 1.29 is 9.53 Å². The van der Waals surface area contributed by atoms with Gasteiger partial charge in [0.05, 0.1) is 6.61 Å². The van der Waals surface area contributed by atoms with E-state index in [9.17, 15) is 4.79 Å². The Morgan fingerprint density at radius 1 is 1.73 bits per heavy atom.